The number of carbonyl (C=O) groups excluding carboxylic acids is 1. The smallest absolute Gasteiger partial charge is 0.293 e. The van der Waals surface area contributed by atoms with Crippen LogP contribution in [0.2, 0.25) is 0 Å². The summed E-state index contributed by atoms with van der Waals surface area (Å²) in [6.45, 7) is 7.99. The van der Waals surface area contributed by atoms with Crippen LogP contribution in [0.4, 0.5) is 0 Å². The molecule has 80 valence electrons. The van der Waals surface area contributed by atoms with E-state index in [1.165, 1.54) is 0 Å². The molecule has 1 N–H and O–H groups in total. The Morgan fingerprint density at radius 1 is 1.57 bits per heavy atom. The van der Waals surface area contributed by atoms with E-state index in [1.807, 2.05) is 27.0 Å². The third kappa shape index (κ3) is 7.34. The molecule has 0 atom stereocenters. The van der Waals surface area contributed by atoms with Gasteiger partial charge in [0.15, 0.2) is 0 Å². The minimum Gasteiger partial charge on any atom is -0.462 e. The van der Waals surface area contributed by atoms with Crippen molar-refractivity contribution in [2.24, 2.45) is 0 Å². The first kappa shape index (κ1) is 12.7. The molecule has 1 aromatic heterocycles. The number of hydrogen-bond acceptors (Lipinski definition) is 3. The number of hydrogen-bond donors (Lipinski definition) is 1. The predicted molar refractivity (Wildman–Crippen MR) is 54.9 cm³/mol. The molecule has 0 aliphatic carbocycles. The van der Waals surface area contributed by atoms with Crippen molar-refractivity contribution in [3.8, 4) is 0 Å². The van der Waals surface area contributed by atoms with E-state index in [9.17, 15) is 4.79 Å². The lowest BCUT2D eigenvalue weighted by Gasteiger charge is -2.14. The Labute approximate surface area is 84.7 Å². The Balaban J connectivity index is 0.000000241. The quantitative estimate of drug-likeness (QED) is 0.739. The summed E-state index contributed by atoms with van der Waals surface area (Å²) in [5.74, 6) is 1.06. The first-order chi connectivity index (χ1) is 6.49. The van der Waals surface area contributed by atoms with Crippen LogP contribution in [-0.4, -0.2) is 22.0 Å². The number of carbonyl (C=O) groups is 1. The van der Waals surface area contributed by atoms with Gasteiger partial charge in [-0.3, -0.25) is 4.79 Å². The van der Waals surface area contributed by atoms with Crippen LogP contribution in [-0.2, 0) is 16.0 Å². The second kappa shape index (κ2) is 6.18. The monoisotopic (exact) mass is 198 g/mol. The maximum atomic E-state index is 9.60. The Morgan fingerprint density at radius 2 is 2.21 bits per heavy atom. The molecule has 1 heterocycles. The highest BCUT2D eigenvalue weighted by Gasteiger charge is 2.07. The van der Waals surface area contributed by atoms with Crippen LogP contribution in [0.1, 0.15) is 33.5 Å². The fraction of sp³-hybridized carbons (Fsp3) is 0.600. The molecule has 0 saturated heterocycles. The molecule has 0 amide bonds. The van der Waals surface area contributed by atoms with Crippen molar-refractivity contribution in [3.05, 3.63) is 18.2 Å². The summed E-state index contributed by atoms with van der Waals surface area (Å²) in [4.78, 5) is 16.6. The van der Waals surface area contributed by atoms with Gasteiger partial charge in [-0.05, 0) is 20.8 Å². The maximum absolute atomic E-state index is 9.60. The number of aromatic amines is 1. The third-order valence-corrected chi connectivity index (χ3v) is 1.29. The summed E-state index contributed by atoms with van der Waals surface area (Å²) >= 11 is 0. The van der Waals surface area contributed by atoms with Crippen LogP contribution in [0.5, 0.6) is 0 Å². The van der Waals surface area contributed by atoms with E-state index < -0.39 is 0 Å². The van der Waals surface area contributed by atoms with Crippen LogP contribution in [0, 0.1) is 0 Å². The van der Waals surface area contributed by atoms with Crippen LogP contribution in [0.25, 0.3) is 0 Å². The predicted octanol–water partition coefficient (Wildman–Crippen LogP) is 1.93. The Bertz CT molecular complexity index is 237. The summed E-state index contributed by atoms with van der Waals surface area (Å²) in [5, 5.41) is 0. The van der Waals surface area contributed by atoms with Gasteiger partial charge in [0.05, 0.1) is 0 Å². The molecule has 4 heteroatoms. The molecule has 1 aromatic rings. The van der Waals surface area contributed by atoms with E-state index in [-0.39, 0.29) is 5.60 Å². The van der Waals surface area contributed by atoms with Gasteiger partial charge in [-0.2, -0.15) is 0 Å². The van der Waals surface area contributed by atoms with E-state index in [2.05, 4.69) is 21.6 Å². The van der Waals surface area contributed by atoms with Crippen molar-refractivity contribution in [1.29, 1.82) is 0 Å². The molecule has 0 radical (unpaired) electrons. The minimum atomic E-state index is -0.318. The van der Waals surface area contributed by atoms with Gasteiger partial charge in [0.25, 0.3) is 6.47 Å². The van der Waals surface area contributed by atoms with Gasteiger partial charge in [-0.1, -0.05) is 6.92 Å². The summed E-state index contributed by atoms with van der Waals surface area (Å²) in [5.41, 5.74) is -0.318. The largest absolute Gasteiger partial charge is 0.462 e. The van der Waals surface area contributed by atoms with Crippen LogP contribution < -0.4 is 0 Å². The molecule has 4 nitrogen and oxygen atoms in total. The molecule has 0 bridgehead atoms. The van der Waals surface area contributed by atoms with Gasteiger partial charge in [0.1, 0.15) is 11.4 Å². The van der Waals surface area contributed by atoms with E-state index in [0.29, 0.717) is 6.47 Å². The first-order valence-corrected chi connectivity index (χ1v) is 4.59. The lowest BCUT2D eigenvalue weighted by atomic mass is 10.2. The van der Waals surface area contributed by atoms with Crippen molar-refractivity contribution in [1.82, 2.24) is 9.97 Å². The molecular formula is C10H18N2O2. The lowest BCUT2D eigenvalue weighted by Crippen LogP contribution is -2.17. The summed E-state index contributed by atoms with van der Waals surface area (Å²) in [7, 11) is 0. The van der Waals surface area contributed by atoms with Gasteiger partial charge >= 0.3 is 0 Å². The van der Waals surface area contributed by atoms with Crippen molar-refractivity contribution in [3.63, 3.8) is 0 Å². The summed E-state index contributed by atoms with van der Waals surface area (Å²) < 4.78 is 4.55. The van der Waals surface area contributed by atoms with Crippen molar-refractivity contribution < 1.29 is 9.53 Å². The normalized spacial score (nSPS) is 10.0. The molecule has 0 aromatic carbocycles. The first-order valence-electron chi connectivity index (χ1n) is 4.59. The Morgan fingerprint density at radius 3 is 2.36 bits per heavy atom. The van der Waals surface area contributed by atoms with E-state index >= 15 is 0 Å². The summed E-state index contributed by atoms with van der Waals surface area (Å²) in [6.07, 6.45) is 4.59. The highest BCUT2D eigenvalue weighted by molar-refractivity contribution is 5.37. The van der Waals surface area contributed by atoms with E-state index in [4.69, 9.17) is 0 Å². The molecule has 0 spiro atoms. The lowest BCUT2D eigenvalue weighted by molar-refractivity contribution is -0.138. The number of aryl methyl sites for hydroxylation is 1. The van der Waals surface area contributed by atoms with Crippen molar-refractivity contribution in [2.45, 2.75) is 39.7 Å². The molecule has 0 aliphatic rings. The van der Waals surface area contributed by atoms with Gasteiger partial charge < -0.3 is 9.72 Å². The number of H-pyrrole nitrogens is 1. The third-order valence-electron chi connectivity index (χ3n) is 1.29. The molecule has 0 saturated carbocycles. The fourth-order valence-corrected chi connectivity index (χ4v) is 0.636. The average Bonchev–Trinajstić information content (AvgIpc) is 2.54. The standard InChI is InChI=1S/C5H8N2.C5H10O2/c1-2-5-6-3-4-7-5;1-5(2,3)7-4-6/h3-4H,2H2,1H3,(H,6,7);4H,1-3H3. The molecule has 1 rings (SSSR count). The Kier molecular flexibility index (Phi) is 5.60. The second-order valence-electron chi connectivity index (χ2n) is 3.72. The van der Waals surface area contributed by atoms with Crippen molar-refractivity contribution in [2.75, 3.05) is 0 Å². The second-order valence-corrected chi connectivity index (χ2v) is 3.72. The van der Waals surface area contributed by atoms with Crippen LogP contribution >= 0.6 is 0 Å². The Hall–Kier alpha value is -1.32. The van der Waals surface area contributed by atoms with Crippen LogP contribution in [0.15, 0.2) is 12.4 Å². The van der Waals surface area contributed by atoms with Gasteiger partial charge in [-0.25, -0.2) is 4.98 Å². The van der Waals surface area contributed by atoms with Gasteiger partial charge in [-0.15, -0.1) is 0 Å². The fourth-order valence-electron chi connectivity index (χ4n) is 0.636. The highest BCUT2D eigenvalue weighted by Crippen LogP contribution is 2.02. The highest BCUT2D eigenvalue weighted by atomic mass is 16.5. The maximum Gasteiger partial charge on any atom is 0.293 e. The number of imidazole rings is 1. The zero-order chi connectivity index (χ0) is 11.0. The molecular weight excluding hydrogens is 180 g/mol. The van der Waals surface area contributed by atoms with E-state index in [0.717, 1.165) is 12.2 Å². The SMILES string of the molecule is CC(C)(C)OC=O.CCc1ncc[nH]1. The molecule has 0 unspecified atom stereocenters. The average molecular weight is 198 g/mol. The van der Waals surface area contributed by atoms with E-state index in [1.54, 1.807) is 6.20 Å². The summed E-state index contributed by atoms with van der Waals surface area (Å²) in [6, 6.07) is 0. The zero-order valence-electron chi connectivity index (χ0n) is 9.20. The number of rotatable bonds is 2. The van der Waals surface area contributed by atoms with Crippen LogP contribution in [0.3, 0.4) is 0 Å². The number of ether oxygens (including phenoxy) is 1. The molecule has 0 fully saturated rings. The topological polar surface area (TPSA) is 55.0 Å². The van der Waals surface area contributed by atoms with Crippen molar-refractivity contribution >= 4 is 6.47 Å². The number of nitrogens with zero attached hydrogens (tertiary/aromatic N) is 1. The minimum absolute atomic E-state index is 0.318. The molecule has 14 heavy (non-hydrogen) atoms. The zero-order valence-corrected chi connectivity index (χ0v) is 9.20. The van der Waals surface area contributed by atoms with Gasteiger partial charge in [0.2, 0.25) is 0 Å². The van der Waals surface area contributed by atoms with Gasteiger partial charge in [0, 0.05) is 18.8 Å². The number of aromatic nitrogens is 2. The molecule has 0 aliphatic heterocycles. The number of nitrogens with one attached hydrogen (secondary N) is 1.